The third-order valence-electron chi connectivity index (χ3n) is 2.68. The second-order valence-electron chi connectivity index (χ2n) is 4.39. The predicted octanol–water partition coefficient (Wildman–Crippen LogP) is 1.11. The lowest BCUT2D eigenvalue weighted by Gasteiger charge is -2.24. The van der Waals surface area contributed by atoms with Gasteiger partial charge in [-0.25, -0.2) is 8.42 Å². The summed E-state index contributed by atoms with van der Waals surface area (Å²) in [7, 11) is -1.14. The SMILES string of the molecule is Cc1cccc(C(N)=S)c1N(C)CCS(C)(=O)=O. The molecule has 0 aliphatic rings. The summed E-state index contributed by atoms with van der Waals surface area (Å²) in [5, 5.41) is 0. The summed E-state index contributed by atoms with van der Waals surface area (Å²) < 4.78 is 22.4. The molecule has 0 saturated carbocycles. The third-order valence-corrected chi connectivity index (χ3v) is 3.83. The number of anilines is 1. The molecule has 0 aliphatic carbocycles. The van der Waals surface area contributed by atoms with Gasteiger partial charge in [-0.05, 0) is 18.6 Å². The van der Waals surface area contributed by atoms with Crippen LogP contribution in [-0.2, 0) is 9.84 Å². The average Bonchev–Trinajstić information content (AvgIpc) is 2.24. The summed E-state index contributed by atoms with van der Waals surface area (Å²) in [6.45, 7) is 2.37. The topological polar surface area (TPSA) is 63.4 Å². The van der Waals surface area contributed by atoms with Gasteiger partial charge in [-0.3, -0.25) is 0 Å². The maximum Gasteiger partial charge on any atom is 0.149 e. The first-order valence-corrected chi connectivity index (χ1v) is 7.97. The molecule has 0 heterocycles. The van der Waals surface area contributed by atoms with Gasteiger partial charge in [0.25, 0.3) is 0 Å². The molecule has 1 aromatic carbocycles. The number of aryl methyl sites for hydroxylation is 1. The summed E-state index contributed by atoms with van der Waals surface area (Å²) in [4.78, 5) is 2.20. The molecular weight excluding hydrogens is 268 g/mol. The Hall–Kier alpha value is -1.14. The van der Waals surface area contributed by atoms with E-state index < -0.39 is 9.84 Å². The zero-order valence-corrected chi connectivity index (χ0v) is 12.4. The van der Waals surface area contributed by atoms with Crippen LogP contribution in [0.15, 0.2) is 18.2 Å². The van der Waals surface area contributed by atoms with E-state index >= 15 is 0 Å². The number of nitrogens with zero attached hydrogens (tertiary/aromatic N) is 1. The molecule has 100 valence electrons. The Bertz CT molecular complexity index is 553. The van der Waals surface area contributed by atoms with Gasteiger partial charge in [-0.2, -0.15) is 0 Å². The zero-order valence-electron chi connectivity index (χ0n) is 10.8. The number of hydrogen-bond acceptors (Lipinski definition) is 4. The normalized spacial score (nSPS) is 11.3. The van der Waals surface area contributed by atoms with Gasteiger partial charge in [0, 0.05) is 31.1 Å². The fraction of sp³-hybridized carbons (Fsp3) is 0.417. The van der Waals surface area contributed by atoms with E-state index in [9.17, 15) is 8.42 Å². The first kappa shape index (κ1) is 14.9. The van der Waals surface area contributed by atoms with E-state index in [0.717, 1.165) is 16.8 Å². The van der Waals surface area contributed by atoms with Gasteiger partial charge in [0.2, 0.25) is 0 Å². The zero-order chi connectivity index (χ0) is 13.9. The van der Waals surface area contributed by atoms with Crippen LogP contribution in [0.5, 0.6) is 0 Å². The summed E-state index contributed by atoms with van der Waals surface area (Å²) in [6.07, 6.45) is 1.23. The molecule has 0 unspecified atom stereocenters. The quantitative estimate of drug-likeness (QED) is 0.822. The van der Waals surface area contributed by atoms with Crippen molar-refractivity contribution in [3.63, 3.8) is 0 Å². The molecule has 2 N–H and O–H groups in total. The highest BCUT2D eigenvalue weighted by atomic mass is 32.2. The lowest BCUT2D eigenvalue weighted by Crippen LogP contribution is -2.28. The molecule has 0 spiro atoms. The minimum Gasteiger partial charge on any atom is -0.389 e. The van der Waals surface area contributed by atoms with Gasteiger partial charge in [-0.15, -0.1) is 0 Å². The summed E-state index contributed by atoms with van der Waals surface area (Å²) in [6, 6.07) is 5.69. The minimum atomic E-state index is -2.98. The predicted molar refractivity (Wildman–Crippen MR) is 80.0 cm³/mol. The number of rotatable bonds is 5. The second-order valence-corrected chi connectivity index (χ2v) is 7.09. The molecule has 0 aromatic heterocycles. The van der Waals surface area contributed by atoms with Crippen molar-refractivity contribution in [2.24, 2.45) is 5.73 Å². The minimum absolute atomic E-state index is 0.106. The van der Waals surface area contributed by atoms with Gasteiger partial charge < -0.3 is 10.6 Å². The molecule has 4 nitrogen and oxygen atoms in total. The lowest BCUT2D eigenvalue weighted by molar-refractivity contribution is 0.601. The van der Waals surface area contributed by atoms with E-state index in [0.29, 0.717) is 11.5 Å². The van der Waals surface area contributed by atoms with Crippen LogP contribution >= 0.6 is 12.2 Å². The van der Waals surface area contributed by atoms with E-state index in [4.69, 9.17) is 18.0 Å². The Morgan fingerprint density at radius 1 is 1.44 bits per heavy atom. The fourth-order valence-corrected chi connectivity index (χ4v) is 2.55. The van der Waals surface area contributed by atoms with E-state index in [1.165, 1.54) is 6.26 Å². The first-order valence-electron chi connectivity index (χ1n) is 5.50. The highest BCUT2D eigenvalue weighted by Crippen LogP contribution is 2.24. The van der Waals surface area contributed by atoms with E-state index in [1.807, 2.05) is 37.1 Å². The molecule has 0 radical (unpaired) electrons. The maximum absolute atomic E-state index is 11.2. The monoisotopic (exact) mass is 286 g/mol. The van der Waals surface area contributed by atoms with Crippen molar-refractivity contribution < 1.29 is 8.42 Å². The van der Waals surface area contributed by atoms with Crippen molar-refractivity contribution in [2.45, 2.75) is 6.92 Å². The molecule has 0 aliphatic heterocycles. The fourth-order valence-electron chi connectivity index (χ4n) is 1.78. The van der Waals surface area contributed by atoms with Crippen LogP contribution in [0.25, 0.3) is 0 Å². The number of para-hydroxylation sites is 1. The molecule has 18 heavy (non-hydrogen) atoms. The average molecular weight is 286 g/mol. The summed E-state index contributed by atoms with van der Waals surface area (Å²) in [5.41, 5.74) is 8.39. The molecule has 0 fully saturated rings. The molecule has 1 aromatic rings. The second kappa shape index (κ2) is 5.67. The molecule has 0 amide bonds. The highest BCUT2D eigenvalue weighted by molar-refractivity contribution is 7.90. The van der Waals surface area contributed by atoms with Crippen LogP contribution in [0.3, 0.4) is 0 Å². The van der Waals surface area contributed by atoms with Crippen molar-refractivity contribution in [2.75, 3.05) is 30.5 Å². The van der Waals surface area contributed by atoms with Gasteiger partial charge in [-0.1, -0.05) is 24.4 Å². The standard InChI is InChI=1S/C12H18N2O2S2/c1-9-5-4-6-10(12(13)17)11(9)14(2)7-8-18(3,15)16/h4-6H,7-8H2,1-3H3,(H2,13,17). The number of benzene rings is 1. The van der Waals surface area contributed by atoms with Crippen LogP contribution in [0.2, 0.25) is 0 Å². The van der Waals surface area contributed by atoms with Crippen LogP contribution in [0.1, 0.15) is 11.1 Å². The smallest absolute Gasteiger partial charge is 0.149 e. The van der Waals surface area contributed by atoms with Gasteiger partial charge in [0.15, 0.2) is 0 Å². The number of sulfone groups is 1. The Balaban J connectivity index is 3.04. The summed E-state index contributed by atoms with van der Waals surface area (Å²) >= 11 is 5.02. The van der Waals surface area contributed by atoms with Crippen LogP contribution in [0, 0.1) is 6.92 Å². The Kier molecular flexibility index (Phi) is 4.70. The van der Waals surface area contributed by atoms with Crippen molar-refractivity contribution >= 4 is 32.7 Å². The molecule has 0 atom stereocenters. The number of hydrogen-bond donors (Lipinski definition) is 1. The third kappa shape index (κ3) is 3.96. The summed E-state index contributed by atoms with van der Waals surface area (Å²) in [5.74, 6) is 0.106. The van der Waals surface area contributed by atoms with E-state index in [-0.39, 0.29) is 5.75 Å². The van der Waals surface area contributed by atoms with Crippen molar-refractivity contribution in [3.05, 3.63) is 29.3 Å². The largest absolute Gasteiger partial charge is 0.389 e. The lowest BCUT2D eigenvalue weighted by atomic mass is 10.1. The van der Waals surface area contributed by atoms with Gasteiger partial charge >= 0.3 is 0 Å². The molecular formula is C12H18N2O2S2. The van der Waals surface area contributed by atoms with Gasteiger partial charge in [0.05, 0.1) is 5.75 Å². The molecule has 1 rings (SSSR count). The maximum atomic E-state index is 11.2. The van der Waals surface area contributed by atoms with E-state index in [2.05, 4.69) is 0 Å². The van der Waals surface area contributed by atoms with Crippen molar-refractivity contribution in [1.82, 2.24) is 0 Å². The molecule has 0 bridgehead atoms. The van der Waals surface area contributed by atoms with E-state index in [1.54, 1.807) is 0 Å². The first-order chi connectivity index (χ1) is 8.22. The van der Waals surface area contributed by atoms with Gasteiger partial charge in [0.1, 0.15) is 14.8 Å². The van der Waals surface area contributed by atoms with Crippen LogP contribution in [-0.4, -0.2) is 39.0 Å². The Labute approximate surface area is 114 Å². The molecule has 6 heteroatoms. The van der Waals surface area contributed by atoms with Crippen molar-refractivity contribution in [1.29, 1.82) is 0 Å². The van der Waals surface area contributed by atoms with Crippen molar-refractivity contribution in [3.8, 4) is 0 Å². The molecule has 0 saturated heterocycles. The number of nitrogens with two attached hydrogens (primary N) is 1. The number of thiocarbonyl (C=S) groups is 1. The highest BCUT2D eigenvalue weighted by Gasteiger charge is 2.13. The Morgan fingerprint density at radius 2 is 2.06 bits per heavy atom. The van der Waals surface area contributed by atoms with Crippen LogP contribution in [0.4, 0.5) is 5.69 Å². The van der Waals surface area contributed by atoms with Crippen LogP contribution < -0.4 is 10.6 Å². The Morgan fingerprint density at radius 3 is 2.56 bits per heavy atom.